The Morgan fingerprint density at radius 1 is 1.62 bits per heavy atom. The molecule has 0 unspecified atom stereocenters. The molecule has 13 heavy (non-hydrogen) atoms. The number of hydrogen-bond acceptors (Lipinski definition) is 3. The molecular weight excluding hydrogens is 168 g/mol. The Labute approximate surface area is 78.0 Å². The van der Waals surface area contributed by atoms with Crippen molar-refractivity contribution in [1.82, 2.24) is 0 Å². The number of carbonyl (C=O) groups is 1. The summed E-state index contributed by atoms with van der Waals surface area (Å²) in [5, 5.41) is 0. The van der Waals surface area contributed by atoms with Gasteiger partial charge in [-0.15, -0.1) is 0 Å². The van der Waals surface area contributed by atoms with Crippen LogP contribution in [0.4, 0.5) is 0 Å². The Balaban J connectivity index is 2.48. The molecule has 0 aromatic heterocycles. The van der Waals surface area contributed by atoms with Gasteiger partial charge in [-0.3, -0.25) is 4.79 Å². The highest BCUT2D eigenvalue weighted by molar-refractivity contribution is 5.66. The molecule has 0 amide bonds. The molecule has 0 N–H and O–H groups in total. The third kappa shape index (κ3) is 2.70. The summed E-state index contributed by atoms with van der Waals surface area (Å²) in [5.41, 5.74) is 3.10. The van der Waals surface area contributed by atoms with Crippen molar-refractivity contribution in [3.05, 3.63) is 23.3 Å². The zero-order valence-electron chi connectivity index (χ0n) is 8.05. The van der Waals surface area contributed by atoms with Crippen LogP contribution in [0.5, 0.6) is 0 Å². The largest absolute Gasteiger partial charge is 0.461 e. The number of rotatable bonds is 3. The van der Waals surface area contributed by atoms with Crippen LogP contribution in [0, 0.1) is 0 Å². The summed E-state index contributed by atoms with van der Waals surface area (Å²) in [6.07, 6.45) is 0. The van der Waals surface area contributed by atoms with E-state index in [-0.39, 0.29) is 12.6 Å². The van der Waals surface area contributed by atoms with Crippen LogP contribution in [0.1, 0.15) is 13.8 Å². The molecule has 1 aliphatic rings. The fourth-order valence-electron chi connectivity index (χ4n) is 1.20. The molecule has 0 aliphatic carbocycles. The van der Waals surface area contributed by atoms with Gasteiger partial charge in [0.2, 0.25) is 0 Å². The van der Waals surface area contributed by atoms with Gasteiger partial charge >= 0.3 is 5.97 Å². The summed E-state index contributed by atoms with van der Waals surface area (Å²) in [6.45, 7) is 8.75. The minimum Gasteiger partial charge on any atom is -0.461 e. The first kappa shape index (κ1) is 9.99. The van der Waals surface area contributed by atoms with Crippen LogP contribution < -0.4 is 0 Å². The van der Waals surface area contributed by atoms with E-state index >= 15 is 0 Å². The van der Waals surface area contributed by atoms with Crippen LogP contribution in [0.2, 0.25) is 0 Å². The van der Waals surface area contributed by atoms with Crippen LogP contribution in [0.25, 0.3) is 0 Å². The molecule has 0 atom stereocenters. The van der Waals surface area contributed by atoms with Gasteiger partial charge in [0.05, 0.1) is 13.2 Å². The lowest BCUT2D eigenvalue weighted by Crippen LogP contribution is -2.05. The summed E-state index contributed by atoms with van der Waals surface area (Å²) < 4.78 is 10.1. The summed E-state index contributed by atoms with van der Waals surface area (Å²) >= 11 is 0. The second-order valence-electron chi connectivity index (χ2n) is 3.14. The predicted octanol–water partition coefficient (Wildman–Crippen LogP) is 1.45. The maximum Gasteiger partial charge on any atom is 0.302 e. The topological polar surface area (TPSA) is 35.5 Å². The second-order valence-corrected chi connectivity index (χ2v) is 3.14. The van der Waals surface area contributed by atoms with Gasteiger partial charge in [0.1, 0.15) is 6.61 Å². The molecule has 0 radical (unpaired) electrons. The fourth-order valence-corrected chi connectivity index (χ4v) is 1.20. The van der Waals surface area contributed by atoms with Crippen LogP contribution in [-0.2, 0) is 14.3 Å². The average molecular weight is 182 g/mol. The van der Waals surface area contributed by atoms with Gasteiger partial charge in [-0.25, -0.2) is 0 Å². The zero-order chi connectivity index (χ0) is 9.84. The maximum absolute atomic E-state index is 10.5. The van der Waals surface area contributed by atoms with Crippen molar-refractivity contribution in [1.29, 1.82) is 0 Å². The third-order valence-electron chi connectivity index (χ3n) is 1.96. The summed E-state index contributed by atoms with van der Waals surface area (Å²) in [7, 11) is 0. The lowest BCUT2D eigenvalue weighted by Gasteiger charge is -2.06. The standard InChI is InChI=1S/C10H14O3/c1-7-4-12-6-10(7)8(2)5-13-9(3)11/h2,4-6H2,1,3H3. The van der Waals surface area contributed by atoms with Gasteiger partial charge in [-0.2, -0.15) is 0 Å². The van der Waals surface area contributed by atoms with Crippen LogP contribution in [-0.4, -0.2) is 25.8 Å². The minimum atomic E-state index is -0.279. The highest BCUT2D eigenvalue weighted by Gasteiger charge is 2.14. The van der Waals surface area contributed by atoms with E-state index in [1.807, 2.05) is 6.92 Å². The molecule has 0 aromatic rings. The molecule has 0 fully saturated rings. The second kappa shape index (κ2) is 4.23. The zero-order valence-corrected chi connectivity index (χ0v) is 8.05. The minimum absolute atomic E-state index is 0.269. The van der Waals surface area contributed by atoms with Gasteiger partial charge < -0.3 is 9.47 Å². The van der Waals surface area contributed by atoms with E-state index in [4.69, 9.17) is 9.47 Å². The van der Waals surface area contributed by atoms with Crippen molar-refractivity contribution in [2.24, 2.45) is 0 Å². The van der Waals surface area contributed by atoms with Gasteiger partial charge in [-0.1, -0.05) is 6.58 Å². The summed E-state index contributed by atoms with van der Waals surface area (Å²) in [5.74, 6) is -0.279. The first-order chi connectivity index (χ1) is 6.11. The number of esters is 1. The molecule has 72 valence electrons. The number of hydrogen-bond donors (Lipinski definition) is 0. The summed E-state index contributed by atoms with van der Waals surface area (Å²) in [6, 6.07) is 0. The quantitative estimate of drug-likeness (QED) is 0.620. The van der Waals surface area contributed by atoms with Crippen molar-refractivity contribution in [3.8, 4) is 0 Å². The predicted molar refractivity (Wildman–Crippen MR) is 49.3 cm³/mol. The Morgan fingerprint density at radius 3 is 2.77 bits per heavy atom. The summed E-state index contributed by atoms with van der Waals surface area (Å²) in [4.78, 5) is 10.5. The van der Waals surface area contributed by atoms with E-state index in [9.17, 15) is 4.79 Å². The lowest BCUT2D eigenvalue weighted by molar-refractivity contribution is -0.139. The Hall–Kier alpha value is -1.09. The van der Waals surface area contributed by atoms with E-state index in [1.165, 1.54) is 12.5 Å². The van der Waals surface area contributed by atoms with Crippen LogP contribution in [0.3, 0.4) is 0 Å². The van der Waals surface area contributed by atoms with Crippen molar-refractivity contribution < 1.29 is 14.3 Å². The normalized spacial score (nSPS) is 16.2. The van der Waals surface area contributed by atoms with E-state index in [2.05, 4.69) is 6.58 Å². The molecule has 0 saturated heterocycles. The van der Waals surface area contributed by atoms with Crippen molar-refractivity contribution >= 4 is 5.97 Å². The average Bonchev–Trinajstić information content (AvgIpc) is 2.47. The molecule has 1 heterocycles. The Kier molecular flexibility index (Phi) is 3.25. The monoisotopic (exact) mass is 182 g/mol. The van der Waals surface area contributed by atoms with Crippen molar-refractivity contribution in [3.63, 3.8) is 0 Å². The first-order valence-corrected chi connectivity index (χ1v) is 4.19. The Morgan fingerprint density at radius 2 is 2.31 bits per heavy atom. The lowest BCUT2D eigenvalue weighted by atomic mass is 10.1. The van der Waals surface area contributed by atoms with Crippen LogP contribution >= 0.6 is 0 Å². The highest BCUT2D eigenvalue weighted by atomic mass is 16.5. The van der Waals surface area contributed by atoms with E-state index < -0.39 is 0 Å². The molecule has 3 heteroatoms. The van der Waals surface area contributed by atoms with Crippen molar-refractivity contribution in [2.45, 2.75) is 13.8 Å². The van der Waals surface area contributed by atoms with E-state index in [0.717, 1.165) is 11.1 Å². The van der Waals surface area contributed by atoms with Gasteiger partial charge in [-0.05, 0) is 23.6 Å². The molecule has 1 aliphatic heterocycles. The van der Waals surface area contributed by atoms with Gasteiger partial charge in [0.25, 0.3) is 0 Å². The molecule has 0 aromatic carbocycles. The van der Waals surface area contributed by atoms with Crippen molar-refractivity contribution in [2.75, 3.05) is 19.8 Å². The number of carbonyl (C=O) groups excluding carboxylic acids is 1. The van der Waals surface area contributed by atoms with Crippen LogP contribution in [0.15, 0.2) is 23.3 Å². The molecule has 0 saturated carbocycles. The molecular formula is C10H14O3. The van der Waals surface area contributed by atoms with Gasteiger partial charge in [0.15, 0.2) is 0 Å². The molecule has 0 bridgehead atoms. The van der Waals surface area contributed by atoms with E-state index in [1.54, 1.807) is 0 Å². The third-order valence-corrected chi connectivity index (χ3v) is 1.96. The molecule has 1 rings (SSSR count). The molecule has 3 nitrogen and oxygen atoms in total. The Bertz CT molecular complexity index is 263. The number of ether oxygens (including phenoxy) is 2. The maximum atomic E-state index is 10.5. The molecule has 0 spiro atoms. The SMILES string of the molecule is C=C(COC(C)=O)C1=C(C)COC1. The fraction of sp³-hybridized carbons (Fsp3) is 0.500. The highest BCUT2D eigenvalue weighted by Crippen LogP contribution is 2.20. The van der Waals surface area contributed by atoms with Gasteiger partial charge in [0, 0.05) is 6.92 Å². The van der Waals surface area contributed by atoms with E-state index in [0.29, 0.717) is 13.2 Å². The first-order valence-electron chi connectivity index (χ1n) is 4.19. The smallest absolute Gasteiger partial charge is 0.302 e.